The molecule has 8 rings (SSSR count). The zero-order valence-electron chi connectivity index (χ0n) is 37.1. The number of ketones is 2. The van der Waals surface area contributed by atoms with Gasteiger partial charge in [-0.3, -0.25) is 24.0 Å². The predicted octanol–water partition coefficient (Wildman–Crippen LogP) is 8.04. The molecule has 1 aromatic heterocycles. The number of carbonyl (C=O) groups is 6. The van der Waals surface area contributed by atoms with Crippen LogP contribution in [0.3, 0.4) is 0 Å². The van der Waals surface area contributed by atoms with Crippen molar-refractivity contribution in [3.63, 3.8) is 0 Å². The Hall–Kier alpha value is -7.29. The molecular formula is C52H50F3N5O7. The Morgan fingerprint density at radius 2 is 1.07 bits per heavy atom. The van der Waals surface area contributed by atoms with E-state index in [1.54, 1.807) is 59.5 Å². The van der Waals surface area contributed by atoms with Crippen LogP contribution in [0.2, 0.25) is 0 Å². The van der Waals surface area contributed by atoms with Crippen molar-refractivity contribution >= 4 is 57.2 Å². The molecule has 6 aromatic rings. The van der Waals surface area contributed by atoms with E-state index in [1.807, 2.05) is 47.0 Å². The molecule has 0 unspecified atom stereocenters. The molecule has 2 aliphatic heterocycles. The maximum atomic E-state index is 14.2. The average Bonchev–Trinajstić information content (AvgIpc) is 4.09. The number of halogens is 3. The Balaban J connectivity index is 1.08. The standard InChI is InChI=1S/C52H50F3N5O7/c1-32(61)56-47(36-11-5-3-6-12-36)49(64)58-25-9-15-41(58)45(62)29-34-19-23-39-40-24-20-35(28-44(40)60(43(39)27-34)31-33-17-21-38(22-18-33)52(53,54)55)30-46(63)42-16-10-26-59(42)50(65)48(57-51(66)67-2)37-13-7-4-8-14-37/h3-8,11-14,17-24,27-28,41-42,47-48H,9-10,15-16,25-26,29-31H2,1-2H3,(H,56,61)(H,57,66)/t41-,42-,47+,48+/m0/s1. The average molecular weight is 914 g/mol. The summed E-state index contributed by atoms with van der Waals surface area (Å²) in [5, 5.41) is 7.02. The van der Waals surface area contributed by atoms with Crippen molar-refractivity contribution in [3.05, 3.63) is 155 Å². The first kappa shape index (κ1) is 46.2. The zero-order valence-corrected chi connectivity index (χ0v) is 37.1. The monoisotopic (exact) mass is 913 g/mol. The molecule has 346 valence electrons. The number of hydrogen-bond donors (Lipinski definition) is 2. The number of benzene rings is 5. The molecule has 67 heavy (non-hydrogen) atoms. The molecule has 0 radical (unpaired) electrons. The summed E-state index contributed by atoms with van der Waals surface area (Å²) in [5.41, 5.74) is 3.74. The molecule has 5 aromatic carbocycles. The number of methoxy groups -OCH3 is 1. The number of rotatable bonds is 14. The highest BCUT2D eigenvalue weighted by Crippen LogP contribution is 2.35. The topological polar surface area (TPSA) is 147 Å². The van der Waals surface area contributed by atoms with E-state index in [1.165, 1.54) is 31.1 Å². The Labute approximate surface area is 385 Å². The van der Waals surface area contributed by atoms with Crippen molar-refractivity contribution in [1.29, 1.82) is 0 Å². The number of ether oxygens (including phenoxy) is 1. The lowest BCUT2D eigenvalue weighted by Crippen LogP contribution is -2.47. The first-order chi connectivity index (χ1) is 32.2. The van der Waals surface area contributed by atoms with E-state index in [9.17, 15) is 41.9 Å². The summed E-state index contributed by atoms with van der Waals surface area (Å²) in [5.74, 6) is -1.52. The van der Waals surface area contributed by atoms with Crippen LogP contribution in [0.4, 0.5) is 18.0 Å². The van der Waals surface area contributed by atoms with Gasteiger partial charge in [0, 0.05) is 61.2 Å². The zero-order chi connectivity index (χ0) is 47.4. The molecule has 0 saturated carbocycles. The maximum absolute atomic E-state index is 14.2. The Morgan fingerprint density at radius 3 is 1.51 bits per heavy atom. The normalized spacial score (nSPS) is 17.0. The molecule has 0 aliphatic carbocycles. The SMILES string of the molecule is COC(=O)N[C@@H](C(=O)N1CCC[C@H]1C(=O)Cc1ccc2c3ccc(CC(=O)[C@@H]4CCCN4C(=O)[C@H](NC(C)=O)c4ccccc4)cc3n(Cc3ccc(C(F)(F)F)cc3)c2c1)c1ccccc1. The van der Waals surface area contributed by atoms with Crippen molar-refractivity contribution in [3.8, 4) is 0 Å². The van der Waals surface area contributed by atoms with Crippen LogP contribution in [-0.2, 0) is 54.3 Å². The smallest absolute Gasteiger partial charge is 0.416 e. The number of carbonyl (C=O) groups excluding carboxylic acids is 6. The highest BCUT2D eigenvalue weighted by atomic mass is 19.4. The summed E-state index contributed by atoms with van der Waals surface area (Å²) in [4.78, 5) is 83.9. The summed E-state index contributed by atoms with van der Waals surface area (Å²) >= 11 is 0. The number of alkyl carbamates (subject to hydrolysis) is 1. The third-order valence-corrected chi connectivity index (χ3v) is 12.7. The van der Waals surface area contributed by atoms with Gasteiger partial charge in [0.15, 0.2) is 11.6 Å². The number of fused-ring (bicyclic) bond motifs is 3. The summed E-state index contributed by atoms with van der Waals surface area (Å²) < 4.78 is 47.5. The lowest BCUT2D eigenvalue weighted by Gasteiger charge is -2.28. The third-order valence-electron chi connectivity index (χ3n) is 12.7. The summed E-state index contributed by atoms with van der Waals surface area (Å²) in [7, 11) is 1.21. The lowest BCUT2D eigenvalue weighted by atomic mass is 9.98. The van der Waals surface area contributed by atoms with E-state index in [4.69, 9.17) is 4.74 Å². The number of nitrogens with zero attached hydrogens (tertiary/aromatic N) is 3. The van der Waals surface area contributed by atoms with Gasteiger partial charge in [-0.2, -0.15) is 13.2 Å². The molecule has 0 bridgehead atoms. The fourth-order valence-electron chi connectivity index (χ4n) is 9.50. The number of alkyl halides is 3. The molecule has 2 N–H and O–H groups in total. The highest BCUT2D eigenvalue weighted by Gasteiger charge is 2.40. The molecule has 12 nitrogen and oxygen atoms in total. The van der Waals surface area contributed by atoms with Crippen LogP contribution >= 0.6 is 0 Å². The Bertz CT molecular complexity index is 2830. The molecule has 3 heterocycles. The number of aromatic nitrogens is 1. The van der Waals surface area contributed by atoms with Gasteiger partial charge in [-0.1, -0.05) is 97.1 Å². The second-order valence-electron chi connectivity index (χ2n) is 17.2. The Kier molecular flexibility index (Phi) is 13.6. The number of nitrogens with one attached hydrogen (secondary N) is 2. The van der Waals surface area contributed by atoms with Crippen LogP contribution in [0, 0.1) is 0 Å². The van der Waals surface area contributed by atoms with E-state index in [-0.39, 0.29) is 42.8 Å². The van der Waals surface area contributed by atoms with Crippen molar-refractivity contribution in [2.45, 2.75) is 82.3 Å². The van der Waals surface area contributed by atoms with E-state index >= 15 is 0 Å². The summed E-state index contributed by atoms with van der Waals surface area (Å²) in [6.07, 6.45) is -3.20. The molecule has 2 saturated heterocycles. The van der Waals surface area contributed by atoms with Crippen molar-refractivity contribution < 1.29 is 46.7 Å². The van der Waals surface area contributed by atoms with Crippen molar-refractivity contribution in [1.82, 2.24) is 25.0 Å². The molecular weight excluding hydrogens is 864 g/mol. The van der Waals surface area contributed by atoms with E-state index in [2.05, 4.69) is 10.6 Å². The van der Waals surface area contributed by atoms with Gasteiger partial charge in [-0.15, -0.1) is 0 Å². The fourth-order valence-corrected chi connectivity index (χ4v) is 9.50. The van der Waals surface area contributed by atoms with Gasteiger partial charge in [-0.25, -0.2) is 4.79 Å². The number of likely N-dealkylation sites (tertiary alicyclic amines) is 2. The third kappa shape index (κ3) is 10.1. The van der Waals surface area contributed by atoms with E-state index < -0.39 is 47.9 Å². The van der Waals surface area contributed by atoms with Gasteiger partial charge < -0.3 is 29.7 Å². The van der Waals surface area contributed by atoms with Gasteiger partial charge in [0.05, 0.1) is 24.8 Å². The lowest BCUT2D eigenvalue weighted by molar-refractivity contribution is -0.140. The van der Waals surface area contributed by atoms with Crippen LogP contribution < -0.4 is 10.6 Å². The minimum atomic E-state index is -4.51. The molecule has 15 heteroatoms. The van der Waals surface area contributed by atoms with Crippen LogP contribution in [0.1, 0.15) is 78.1 Å². The second-order valence-corrected chi connectivity index (χ2v) is 17.2. The van der Waals surface area contributed by atoms with Crippen molar-refractivity contribution in [2.24, 2.45) is 0 Å². The molecule has 4 amide bonds. The van der Waals surface area contributed by atoms with E-state index in [0.717, 1.165) is 28.4 Å². The Morgan fingerprint density at radius 1 is 0.627 bits per heavy atom. The van der Waals surface area contributed by atoms with Crippen LogP contribution in [0.5, 0.6) is 0 Å². The molecule has 2 aliphatic rings. The summed E-state index contributed by atoms with van der Waals surface area (Å²) in [6, 6.07) is 30.4. The predicted molar refractivity (Wildman–Crippen MR) is 245 cm³/mol. The first-order valence-electron chi connectivity index (χ1n) is 22.3. The number of Topliss-reactive ketones (excluding diaryl/α,β-unsaturated/α-hetero) is 2. The van der Waals surface area contributed by atoms with Crippen LogP contribution in [0.15, 0.2) is 121 Å². The fraction of sp³-hybridized carbons (Fsp3) is 0.308. The molecule has 4 atom stereocenters. The van der Waals surface area contributed by atoms with Crippen molar-refractivity contribution in [2.75, 3.05) is 20.2 Å². The molecule has 2 fully saturated rings. The second kappa shape index (κ2) is 19.7. The quantitative estimate of drug-likeness (QED) is 0.113. The minimum Gasteiger partial charge on any atom is -0.453 e. The van der Waals surface area contributed by atoms with Gasteiger partial charge in [0.2, 0.25) is 11.8 Å². The maximum Gasteiger partial charge on any atom is 0.416 e. The molecule has 0 spiro atoms. The highest BCUT2D eigenvalue weighted by molar-refractivity contribution is 6.09. The van der Waals surface area contributed by atoms with Crippen LogP contribution in [-0.4, -0.2) is 82.0 Å². The summed E-state index contributed by atoms with van der Waals surface area (Å²) in [6.45, 7) is 2.20. The van der Waals surface area contributed by atoms with Gasteiger partial charge in [0.25, 0.3) is 5.91 Å². The number of hydrogen-bond acceptors (Lipinski definition) is 7. The van der Waals surface area contributed by atoms with Gasteiger partial charge in [0.1, 0.15) is 12.1 Å². The largest absolute Gasteiger partial charge is 0.453 e. The first-order valence-corrected chi connectivity index (χ1v) is 22.3. The number of amides is 4. The van der Waals surface area contributed by atoms with Crippen LogP contribution in [0.25, 0.3) is 21.8 Å². The minimum absolute atomic E-state index is 0.00102. The van der Waals surface area contributed by atoms with Gasteiger partial charge >= 0.3 is 12.3 Å². The van der Waals surface area contributed by atoms with Gasteiger partial charge in [-0.05, 0) is 77.8 Å². The van der Waals surface area contributed by atoms with E-state index in [0.29, 0.717) is 72.1 Å².